The lowest BCUT2D eigenvalue weighted by molar-refractivity contribution is -0.128. The van der Waals surface area contributed by atoms with E-state index < -0.39 is 0 Å². The highest BCUT2D eigenvalue weighted by atomic mass is 16.5. The molecule has 2 aromatic rings. The number of hydrogen-bond acceptors (Lipinski definition) is 3. The summed E-state index contributed by atoms with van der Waals surface area (Å²) in [6, 6.07) is 16.3. The molecule has 3 rings (SSSR count). The molecule has 1 amide bonds. The first kappa shape index (κ1) is 21.4. The topological polar surface area (TPSA) is 66.0 Å². The zero-order chi connectivity index (χ0) is 21.2. The smallest absolute Gasteiger partial charge is 0.222 e. The van der Waals surface area contributed by atoms with Crippen molar-refractivity contribution in [3.05, 3.63) is 77.9 Å². The number of aliphatic imine (C=N–C) groups is 1. The van der Waals surface area contributed by atoms with Gasteiger partial charge in [0.2, 0.25) is 5.91 Å². The fraction of sp³-hybridized carbons (Fsp3) is 0.333. The fourth-order valence-electron chi connectivity index (χ4n) is 3.38. The molecule has 6 heteroatoms. The van der Waals surface area contributed by atoms with Crippen LogP contribution in [0, 0.1) is 0 Å². The molecule has 0 spiro atoms. The van der Waals surface area contributed by atoms with E-state index in [-0.39, 0.29) is 5.91 Å². The van der Waals surface area contributed by atoms with Crippen molar-refractivity contribution >= 4 is 11.9 Å². The number of carbonyl (C=O) groups excluding carboxylic acids is 1. The molecule has 1 aliphatic heterocycles. The second-order valence-electron chi connectivity index (χ2n) is 7.22. The van der Waals surface area contributed by atoms with Gasteiger partial charge in [-0.05, 0) is 23.6 Å². The molecular weight excluding hydrogens is 376 g/mol. The number of amides is 1. The molecule has 30 heavy (non-hydrogen) atoms. The van der Waals surface area contributed by atoms with Crippen LogP contribution in [-0.4, -0.2) is 37.0 Å². The molecule has 0 radical (unpaired) electrons. The Morgan fingerprint density at radius 1 is 1.13 bits per heavy atom. The first-order chi connectivity index (χ1) is 14.7. The van der Waals surface area contributed by atoms with Crippen molar-refractivity contribution in [1.82, 2.24) is 15.5 Å². The Bertz CT molecular complexity index is 877. The van der Waals surface area contributed by atoms with E-state index in [1.54, 1.807) is 13.1 Å². The number of rotatable bonds is 9. The van der Waals surface area contributed by atoms with Crippen molar-refractivity contribution in [2.45, 2.75) is 32.5 Å². The van der Waals surface area contributed by atoms with Crippen LogP contribution in [0.4, 0.5) is 0 Å². The molecule has 0 unspecified atom stereocenters. The Morgan fingerprint density at radius 3 is 2.57 bits per heavy atom. The first-order valence-corrected chi connectivity index (χ1v) is 10.3. The molecule has 0 saturated carbocycles. The zero-order valence-corrected chi connectivity index (χ0v) is 17.6. The van der Waals surface area contributed by atoms with Gasteiger partial charge in [-0.2, -0.15) is 0 Å². The van der Waals surface area contributed by atoms with Crippen LogP contribution < -0.4 is 15.4 Å². The average molecular weight is 407 g/mol. The Labute approximate surface area is 178 Å². The lowest BCUT2D eigenvalue weighted by atomic mass is 10.1. The van der Waals surface area contributed by atoms with Gasteiger partial charge in [0, 0.05) is 45.2 Å². The molecular formula is C24H30N4O2. The Hall–Kier alpha value is -3.28. The third kappa shape index (κ3) is 6.11. The van der Waals surface area contributed by atoms with Gasteiger partial charge in [0.1, 0.15) is 12.4 Å². The van der Waals surface area contributed by atoms with Gasteiger partial charge in [0.05, 0.1) is 0 Å². The van der Waals surface area contributed by atoms with E-state index in [0.29, 0.717) is 32.7 Å². The number of nitrogens with zero attached hydrogens (tertiary/aromatic N) is 2. The van der Waals surface area contributed by atoms with Gasteiger partial charge in [-0.25, -0.2) is 0 Å². The maximum absolute atomic E-state index is 11.8. The molecule has 1 saturated heterocycles. The van der Waals surface area contributed by atoms with E-state index in [4.69, 9.17) is 4.74 Å². The summed E-state index contributed by atoms with van der Waals surface area (Å²) >= 11 is 0. The molecule has 1 fully saturated rings. The van der Waals surface area contributed by atoms with E-state index in [2.05, 4.69) is 46.5 Å². The number of hydrogen-bond donors (Lipinski definition) is 2. The normalized spacial score (nSPS) is 14.0. The van der Waals surface area contributed by atoms with Crippen LogP contribution in [0.25, 0.3) is 0 Å². The van der Waals surface area contributed by atoms with Crippen molar-refractivity contribution in [2.24, 2.45) is 4.99 Å². The third-order valence-electron chi connectivity index (χ3n) is 5.03. The van der Waals surface area contributed by atoms with E-state index in [1.807, 2.05) is 29.2 Å². The fourth-order valence-corrected chi connectivity index (χ4v) is 3.38. The highest BCUT2D eigenvalue weighted by molar-refractivity contribution is 5.79. The first-order valence-electron chi connectivity index (χ1n) is 10.3. The van der Waals surface area contributed by atoms with E-state index in [1.165, 1.54) is 0 Å². The van der Waals surface area contributed by atoms with Crippen molar-refractivity contribution < 1.29 is 9.53 Å². The van der Waals surface area contributed by atoms with E-state index >= 15 is 0 Å². The summed E-state index contributed by atoms with van der Waals surface area (Å²) in [4.78, 5) is 18.0. The Kier molecular flexibility index (Phi) is 7.89. The Balaban J connectivity index is 1.48. The van der Waals surface area contributed by atoms with Crippen LogP contribution in [0.1, 0.15) is 29.5 Å². The SMILES string of the molecule is C=CCOc1ccccc1CNC(=NC)NCc1ccc(CN2CCCC2=O)cc1. The monoisotopic (exact) mass is 406 g/mol. The second kappa shape index (κ2) is 11.0. The van der Waals surface area contributed by atoms with Crippen molar-refractivity contribution in [3.8, 4) is 5.75 Å². The maximum Gasteiger partial charge on any atom is 0.222 e. The van der Waals surface area contributed by atoms with Crippen LogP contribution in [0.3, 0.4) is 0 Å². The predicted molar refractivity (Wildman–Crippen MR) is 120 cm³/mol. The standard InChI is InChI=1S/C24H30N4O2/c1-3-15-30-22-8-5-4-7-21(22)17-27-24(25-2)26-16-19-10-12-20(13-11-19)18-28-14-6-9-23(28)29/h3-5,7-8,10-13H,1,6,9,14-18H2,2H3,(H2,25,26,27). The number of nitrogens with one attached hydrogen (secondary N) is 2. The summed E-state index contributed by atoms with van der Waals surface area (Å²) < 4.78 is 5.70. The quantitative estimate of drug-likeness (QED) is 0.381. The Morgan fingerprint density at radius 2 is 1.87 bits per heavy atom. The lowest BCUT2D eigenvalue weighted by Crippen LogP contribution is -2.36. The minimum atomic E-state index is 0.257. The van der Waals surface area contributed by atoms with Crippen molar-refractivity contribution in [2.75, 3.05) is 20.2 Å². The third-order valence-corrected chi connectivity index (χ3v) is 5.03. The molecule has 2 aromatic carbocycles. The molecule has 0 atom stereocenters. The summed E-state index contributed by atoms with van der Waals surface area (Å²) in [6.45, 7) is 7.01. The van der Waals surface area contributed by atoms with Crippen LogP contribution in [0.15, 0.2) is 66.2 Å². The van der Waals surface area contributed by atoms with Gasteiger partial charge in [-0.1, -0.05) is 55.1 Å². The number of likely N-dealkylation sites (tertiary alicyclic amines) is 1. The predicted octanol–water partition coefficient (Wildman–Crippen LogP) is 3.24. The van der Waals surface area contributed by atoms with Crippen molar-refractivity contribution in [1.29, 1.82) is 0 Å². The molecule has 6 nitrogen and oxygen atoms in total. The summed E-state index contributed by atoms with van der Waals surface area (Å²) in [5.74, 6) is 1.82. The number of ether oxygens (including phenoxy) is 1. The van der Waals surface area contributed by atoms with Crippen molar-refractivity contribution in [3.63, 3.8) is 0 Å². The minimum absolute atomic E-state index is 0.257. The highest BCUT2D eigenvalue weighted by Gasteiger charge is 2.19. The molecule has 2 N–H and O–H groups in total. The van der Waals surface area contributed by atoms with Gasteiger partial charge < -0.3 is 20.3 Å². The number of para-hydroxylation sites is 1. The van der Waals surface area contributed by atoms with E-state index in [0.717, 1.165) is 41.4 Å². The van der Waals surface area contributed by atoms with Gasteiger partial charge in [0.15, 0.2) is 5.96 Å². The summed E-state index contributed by atoms with van der Waals surface area (Å²) in [5, 5.41) is 6.66. The zero-order valence-electron chi connectivity index (χ0n) is 17.6. The molecule has 1 aliphatic rings. The van der Waals surface area contributed by atoms with Gasteiger partial charge in [0.25, 0.3) is 0 Å². The number of guanidine groups is 1. The molecule has 0 aliphatic carbocycles. The largest absolute Gasteiger partial charge is 0.489 e. The summed E-state index contributed by atoms with van der Waals surface area (Å²) in [6.07, 6.45) is 3.38. The molecule has 0 aromatic heterocycles. The number of benzene rings is 2. The molecule has 0 bridgehead atoms. The molecule has 1 heterocycles. The summed E-state index contributed by atoms with van der Waals surface area (Å²) in [7, 11) is 1.76. The van der Waals surface area contributed by atoms with Crippen LogP contribution >= 0.6 is 0 Å². The highest BCUT2D eigenvalue weighted by Crippen LogP contribution is 2.18. The second-order valence-corrected chi connectivity index (χ2v) is 7.22. The summed E-state index contributed by atoms with van der Waals surface area (Å²) in [5.41, 5.74) is 3.37. The molecule has 158 valence electrons. The number of carbonyl (C=O) groups is 1. The van der Waals surface area contributed by atoms with Crippen LogP contribution in [0.5, 0.6) is 5.75 Å². The van der Waals surface area contributed by atoms with Gasteiger partial charge in [-0.15, -0.1) is 0 Å². The van der Waals surface area contributed by atoms with E-state index in [9.17, 15) is 4.79 Å². The van der Waals surface area contributed by atoms with Gasteiger partial charge >= 0.3 is 0 Å². The average Bonchev–Trinajstić information content (AvgIpc) is 3.18. The minimum Gasteiger partial charge on any atom is -0.489 e. The van der Waals surface area contributed by atoms with Crippen LogP contribution in [0.2, 0.25) is 0 Å². The van der Waals surface area contributed by atoms with Gasteiger partial charge in [-0.3, -0.25) is 9.79 Å². The van der Waals surface area contributed by atoms with Crippen LogP contribution in [-0.2, 0) is 24.4 Å². The lowest BCUT2D eigenvalue weighted by Gasteiger charge is -2.16. The maximum atomic E-state index is 11.8.